The number of carbonyl (C=O) groups excluding carboxylic acids is 2. The molecule has 27 heavy (non-hydrogen) atoms. The second-order valence-corrected chi connectivity index (χ2v) is 6.64. The highest BCUT2D eigenvalue weighted by Gasteiger charge is 2.20. The lowest BCUT2D eigenvalue weighted by molar-refractivity contribution is -0.116. The maximum absolute atomic E-state index is 12.5. The molecule has 1 N–H and O–H groups in total. The van der Waals surface area contributed by atoms with Gasteiger partial charge in [-0.15, -0.1) is 0 Å². The molecule has 0 unspecified atom stereocenters. The van der Waals surface area contributed by atoms with Gasteiger partial charge < -0.3 is 14.6 Å². The smallest absolute Gasteiger partial charge is 0.349 e. The van der Waals surface area contributed by atoms with Gasteiger partial charge >= 0.3 is 5.63 Å². The first-order valence-electron chi connectivity index (χ1n) is 7.88. The molecule has 6 nitrogen and oxygen atoms in total. The third-order valence-corrected chi connectivity index (χ3v) is 4.54. The monoisotopic (exact) mass is 404 g/mol. The minimum Gasteiger partial charge on any atom is -0.422 e. The highest BCUT2D eigenvalue weighted by molar-refractivity contribution is 6.42. The van der Waals surface area contributed by atoms with Crippen LogP contribution < -0.4 is 10.9 Å². The number of nitrogens with one attached hydrogen (secondary N) is 1. The van der Waals surface area contributed by atoms with E-state index in [1.165, 1.54) is 19.2 Å². The number of hydrogen-bond acceptors (Lipinski definition) is 4. The minimum absolute atomic E-state index is 0.140. The van der Waals surface area contributed by atoms with Crippen LogP contribution in [0.2, 0.25) is 10.0 Å². The van der Waals surface area contributed by atoms with Gasteiger partial charge in [0.25, 0.3) is 5.91 Å². The number of fused-ring (bicyclic) bond motifs is 1. The van der Waals surface area contributed by atoms with E-state index >= 15 is 0 Å². The zero-order chi connectivity index (χ0) is 19.6. The van der Waals surface area contributed by atoms with E-state index in [0.717, 1.165) is 4.90 Å². The summed E-state index contributed by atoms with van der Waals surface area (Å²) in [5.41, 5.74) is -0.0616. The summed E-state index contributed by atoms with van der Waals surface area (Å²) in [6, 6.07) is 13.0. The molecular weight excluding hydrogens is 391 g/mol. The molecule has 2 amide bonds. The molecule has 0 saturated carbocycles. The molecule has 0 fully saturated rings. The van der Waals surface area contributed by atoms with E-state index in [1.807, 2.05) is 0 Å². The van der Waals surface area contributed by atoms with E-state index in [1.54, 1.807) is 36.4 Å². The zero-order valence-corrected chi connectivity index (χ0v) is 15.7. The summed E-state index contributed by atoms with van der Waals surface area (Å²) >= 11 is 11.7. The normalized spacial score (nSPS) is 10.6. The Morgan fingerprint density at radius 2 is 1.81 bits per heavy atom. The molecule has 0 aliphatic carbocycles. The fourth-order valence-electron chi connectivity index (χ4n) is 2.48. The SMILES string of the molecule is CN(CC(=O)Nc1ccc(Cl)c(Cl)c1)C(=O)c1cc2ccccc2oc1=O. The van der Waals surface area contributed by atoms with E-state index in [9.17, 15) is 14.4 Å². The molecule has 0 radical (unpaired) electrons. The van der Waals surface area contributed by atoms with Gasteiger partial charge in [-0.05, 0) is 30.3 Å². The molecular formula is C19H14Cl2N2O4. The van der Waals surface area contributed by atoms with Crippen LogP contribution in [0.25, 0.3) is 11.0 Å². The lowest BCUT2D eigenvalue weighted by Gasteiger charge is -2.16. The second-order valence-electron chi connectivity index (χ2n) is 5.82. The van der Waals surface area contributed by atoms with Gasteiger partial charge in [0.2, 0.25) is 5.91 Å². The van der Waals surface area contributed by atoms with Gasteiger partial charge in [0.1, 0.15) is 11.1 Å². The zero-order valence-electron chi connectivity index (χ0n) is 14.2. The maximum Gasteiger partial charge on any atom is 0.349 e. The number of hydrogen-bond donors (Lipinski definition) is 1. The van der Waals surface area contributed by atoms with Crippen molar-refractivity contribution in [1.29, 1.82) is 0 Å². The van der Waals surface area contributed by atoms with E-state index < -0.39 is 17.4 Å². The summed E-state index contributed by atoms with van der Waals surface area (Å²) < 4.78 is 5.16. The molecule has 0 aliphatic heterocycles. The van der Waals surface area contributed by atoms with Gasteiger partial charge in [0.05, 0.1) is 16.6 Å². The standard InChI is InChI=1S/C19H14Cl2N2O4/c1-23(10-17(24)22-12-6-7-14(20)15(21)9-12)18(25)13-8-11-4-2-3-5-16(11)27-19(13)26/h2-9H,10H2,1H3,(H,22,24). The van der Waals surface area contributed by atoms with Crippen LogP contribution in [0.3, 0.4) is 0 Å². The first-order chi connectivity index (χ1) is 12.8. The third-order valence-electron chi connectivity index (χ3n) is 3.80. The Morgan fingerprint density at radius 1 is 1.07 bits per heavy atom. The van der Waals surface area contributed by atoms with Crippen LogP contribution in [-0.2, 0) is 4.79 Å². The maximum atomic E-state index is 12.5. The minimum atomic E-state index is -0.754. The van der Waals surface area contributed by atoms with Gasteiger partial charge in [-0.1, -0.05) is 41.4 Å². The summed E-state index contributed by atoms with van der Waals surface area (Å²) in [6.07, 6.45) is 0. The highest BCUT2D eigenvalue weighted by Crippen LogP contribution is 2.25. The summed E-state index contributed by atoms with van der Waals surface area (Å²) in [5, 5.41) is 3.90. The Balaban J connectivity index is 1.73. The molecule has 0 saturated heterocycles. The molecule has 138 valence electrons. The summed E-state index contributed by atoms with van der Waals surface area (Å²) in [5.74, 6) is -1.06. The Labute approximate surface area is 164 Å². The number of likely N-dealkylation sites (N-methyl/N-ethyl adjacent to an activating group) is 1. The van der Waals surface area contributed by atoms with Crippen molar-refractivity contribution in [3.05, 3.63) is 74.6 Å². The van der Waals surface area contributed by atoms with Crippen molar-refractivity contribution in [3.63, 3.8) is 0 Å². The van der Waals surface area contributed by atoms with Crippen LogP contribution in [0.1, 0.15) is 10.4 Å². The average molecular weight is 405 g/mol. The van der Waals surface area contributed by atoms with E-state index in [4.69, 9.17) is 27.6 Å². The number of para-hydroxylation sites is 1. The Bertz CT molecular complexity index is 1090. The topological polar surface area (TPSA) is 79.6 Å². The molecule has 0 aliphatic rings. The van der Waals surface area contributed by atoms with Crippen LogP contribution in [0.15, 0.2) is 57.7 Å². The first kappa shape index (κ1) is 18.9. The van der Waals surface area contributed by atoms with E-state index in [-0.39, 0.29) is 12.1 Å². The van der Waals surface area contributed by atoms with Crippen molar-refractivity contribution >= 4 is 51.7 Å². The molecule has 3 rings (SSSR count). The first-order valence-corrected chi connectivity index (χ1v) is 8.64. The lowest BCUT2D eigenvalue weighted by Crippen LogP contribution is -2.36. The summed E-state index contributed by atoms with van der Waals surface area (Å²) in [7, 11) is 1.42. The fraction of sp³-hybridized carbons (Fsp3) is 0.105. The molecule has 0 spiro atoms. The molecule has 1 aromatic heterocycles. The van der Waals surface area contributed by atoms with Crippen LogP contribution >= 0.6 is 23.2 Å². The van der Waals surface area contributed by atoms with Crippen molar-refractivity contribution in [2.24, 2.45) is 0 Å². The molecule has 3 aromatic rings. The number of carbonyl (C=O) groups is 2. The number of rotatable bonds is 4. The van der Waals surface area contributed by atoms with E-state index in [2.05, 4.69) is 5.32 Å². The molecule has 1 heterocycles. The molecule has 8 heteroatoms. The highest BCUT2D eigenvalue weighted by atomic mass is 35.5. The predicted octanol–water partition coefficient (Wildman–Crippen LogP) is 3.81. The van der Waals surface area contributed by atoms with Crippen molar-refractivity contribution in [3.8, 4) is 0 Å². The molecule has 2 aromatic carbocycles. The van der Waals surface area contributed by atoms with Crippen LogP contribution in [0.4, 0.5) is 5.69 Å². The number of anilines is 1. The number of benzene rings is 2. The van der Waals surface area contributed by atoms with Crippen molar-refractivity contribution in [2.45, 2.75) is 0 Å². The van der Waals surface area contributed by atoms with Crippen LogP contribution in [0.5, 0.6) is 0 Å². The second kappa shape index (κ2) is 7.82. The largest absolute Gasteiger partial charge is 0.422 e. The quantitative estimate of drug-likeness (QED) is 0.670. The van der Waals surface area contributed by atoms with Gasteiger partial charge in [0.15, 0.2) is 0 Å². The van der Waals surface area contributed by atoms with Gasteiger partial charge in [0, 0.05) is 18.1 Å². The number of amides is 2. The molecule has 0 atom stereocenters. The van der Waals surface area contributed by atoms with Gasteiger partial charge in [-0.25, -0.2) is 4.79 Å². The average Bonchev–Trinajstić information content (AvgIpc) is 2.63. The van der Waals surface area contributed by atoms with Gasteiger partial charge in [-0.3, -0.25) is 9.59 Å². The van der Waals surface area contributed by atoms with Crippen LogP contribution in [0, 0.1) is 0 Å². The van der Waals surface area contributed by atoms with Gasteiger partial charge in [-0.2, -0.15) is 0 Å². The fourth-order valence-corrected chi connectivity index (χ4v) is 2.78. The Morgan fingerprint density at radius 3 is 2.56 bits per heavy atom. The summed E-state index contributed by atoms with van der Waals surface area (Å²) in [6.45, 7) is -0.259. The lowest BCUT2D eigenvalue weighted by atomic mass is 10.1. The van der Waals surface area contributed by atoms with Crippen molar-refractivity contribution in [2.75, 3.05) is 18.9 Å². The predicted molar refractivity (Wildman–Crippen MR) is 105 cm³/mol. The van der Waals surface area contributed by atoms with Crippen molar-refractivity contribution < 1.29 is 14.0 Å². The summed E-state index contributed by atoms with van der Waals surface area (Å²) in [4.78, 5) is 37.9. The number of halogens is 2. The van der Waals surface area contributed by atoms with Crippen molar-refractivity contribution in [1.82, 2.24) is 4.90 Å². The Kier molecular flexibility index (Phi) is 5.48. The van der Waals surface area contributed by atoms with Crippen LogP contribution in [-0.4, -0.2) is 30.3 Å². The van der Waals surface area contributed by atoms with E-state index in [0.29, 0.717) is 26.7 Å². The Hall–Kier alpha value is -2.83. The number of nitrogens with zero attached hydrogens (tertiary/aromatic N) is 1. The molecule has 0 bridgehead atoms. The third kappa shape index (κ3) is 4.30.